The Bertz CT molecular complexity index is 989. The molecule has 7 nitrogen and oxygen atoms in total. The SMILES string of the molecule is Cc1ccc(S(=O)(=O)N[C@H](CC(C)C)C(=O)N/N=C\c2ccc(O)c(Br)c2)cc1. The number of phenols is 1. The monoisotopic (exact) mass is 481 g/mol. The zero-order chi connectivity index (χ0) is 21.6. The summed E-state index contributed by atoms with van der Waals surface area (Å²) in [5.41, 5.74) is 3.97. The Hall–Kier alpha value is -2.23. The van der Waals surface area contributed by atoms with Gasteiger partial charge in [0.25, 0.3) is 5.91 Å². The number of aromatic hydroxyl groups is 1. The number of carbonyl (C=O) groups is 1. The molecular formula is C20H24BrN3O4S. The molecule has 1 atom stereocenters. The third-order valence-electron chi connectivity index (χ3n) is 4.01. The molecule has 0 radical (unpaired) electrons. The van der Waals surface area contributed by atoms with E-state index in [4.69, 9.17) is 0 Å². The smallest absolute Gasteiger partial charge is 0.258 e. The van der Waals surface area contributed by atoms with E-state index in [0.29, 0.717) is 16.5 Å². The van der Waals surface area contributed by atoms with Gasteiger partial charge in [-0.1, -0.05) is 31.5 Å². The Labute approximate surface area is 179 Å². The number of aryl methyl sites for hydroxylation is 1. The van der Waals surface area contributed by atoms with Gasteiger partial charge in [0.2, 0.25) is 10.0 Å². The van der Waals surface area contributed by atoms with Crippen molar-refractivity contribution in [3.8, 4) is 5.75 Å². The number of hydrazone groups is 1. The fourth-order valence-electron chi connectivity index (χ4n) is 2.50. The first kappa shape index (κ1) is 23.1. The van der Waals surface area contributed by atoms with Crippen molar-refractivity contribution in [3.05, 3.63) is 58.1 Å². The topological polar surface area (TPSA) is 108 Å². The Morgan fingerprint density at radius 3 is 2.45 bits per heavy atom. The van der Waals surface area contributed by atoms with Gasteiger partial charge in [0.05, 0.1) is 15.6 Å². The average Bonchev–Trinajstić information content (AvgIpc) is 2.64. The van der Waals surface area contributed by atoms with Crippen LogP contribution in [-0.2, 0) is 14.8 Å². The van der Waals surface area contributed by atoms with Crippen LogP contribution in [0.15, 0.2) is 56.9 Å². The fourth-order valence-corrected chi connectivity index (χ4v) is 4.11. The molecule has 3 N–H and O–H groups in total. The number of hydrogen-bond donors (Lipinski definition) is 3. The van der Waals surface area contributed by atoms with Gasteiger partial charge in [0.15, 0.2) is 0 Å². The third-order valence-corrected chi connectivity index (χ3v) is 6.14. The van der Waals surface area contributed by atoms with Crippen LogP contribution >= 0.6 is 15.9 Å². The molecule has 0 aliphatic rings. The van der Waals surface area contributed by atoms with Crippen molar-refractivity contribution in [2.75, 3.05) is 0 Å². The standard InChI is InChI=1S/C20H24BrN3O4S/c1-13(2)10-18(24-29(27,28)16-7-4-14(3)5-8-16)20(26)23-22-12-15-6-9-19(25)17(21)11-15/h4-9,11-13,18,24-25H,10H2,1-3H3,(H,23,26)/b22-12-/t18-/m1/s1. The van der Waals surface area contributed by atoms with Gasteiger partial charge >= 0.3 is 0 Å². The van der Waals surface area contributed by atoms with E-state index in [9.17, 15) is 18.3 Å². The summed E-state index contributed by atoms with van der Waals surface area (Å²) in [5, 5.41) is 13.4. The lowest BCUT2D eigenvalue weighted by molar-refractivity contribution is -0.123. The molecule has 0 heterocycles. The van der Waals surface area contributed by atoms with Crippen molar-refractivity contribution in [2.24, 2.45) is 11.0 Å². The lowest BCUT2D eigenvalue weighted by Crippen LogP contribution is -2.46. The number of benzene rings is 2. The first-order chi connectivity index (χ1) is 13.6. The van der Waals surface area contributed by atoms with Gasteiger partial charge < -0.3 is 5.11 Å². The van der Waals surface area contributed by atoms with E-state index in [1.54, 1.807) is 24.3 Å². The Balaban J connectivity index is 2.11. The van der Waals surface area contributed by atoms with Crippen molar-refractivity contribution in [1.82, 2.24) is 10.1 Å². The zero-order valence-corrected chi connectivity index (χ0v) is 18.8. The van der Waals surface area contributed by atoms with Crippen LogP contribution in [0.2, 0.25) is 0 Å². The molecule has 2 aromatic rings. The quantitative estimate of drug-likeness (QED) is 0.396. The summed E-state index contributed by atoms with van der Waals surface area (Å²) in [4.78, 5) is 12.7. The first-order valence-corrected chi connectivity index (χ1v) is 11.3. The van der Waals surface area contributed by atoms with E-state index in [1.165, 1.54) is 24.4 Å². The summed E-state index contributed by atoms with van der Waals surface area (Å²) in [6.45, 7) is 5.67. The molecule has 0 spiro atoms. The van der Waals surface area contributed by atoms with E-state index in [-0.39, 0.29) is 16.6 Å². The second-order valence-corrected chi connectivity index (χ2v) is 9.63. The number of halogens is 1. The van der Waals surface area contributed by atoms with Crippen LogP contribution in [-0.4, -0.2) is 31.7 Å². The second-order valence-electron chi connectivity index (χ2n) is 7.06. The number of nitrogens with zero attached hydrogens (tertiary/aromatic N) is 1. The fraction of sp³-hybridized carbons (Fsp3) is 0.300. The van der Waals surface area contributed by atoms with Gasteiger partial charge in [-0.05, 0) is 71.1 Å². The summed E-state index contributed by atoms with van der Waals surface area (Å²) < 4.78 is 28.3. The second kappa shape index (κ2) is 10.00. The normalized spacial score (nSPS) is 13.0. The lowest BCUT2D eigenvalue weighted by Gasteiger charge is -2.19. The van der Waals surface area contributed by atoms with Crippen molar-refractivity contribution in [3.63, 3.8) is 0 Å². The van der Waals surface area contributed by atoms with Gasteiger partial charge in [-0.3, -0.25) is 4.79 Å². The van der Waals surface area contributed by atoms with E-state index >= 15 is 0 Å². The Morgan fingerprint density at radius 2 is 1.86 bits per heavy atom. The van der Waals surface area contributed by atoms with Gasteiger partial charge in [-0.15, -0.1) is 0 Å². The van der Waals surface area contributed by atoms with Crippen LogP contribution in [0.4, 0.5) is 0 Å². The number of sulfonamides is 1. The molecule has 0 aromatic heterocycles. The molecule has 0 bridgehead atoms. The van der Waals surface area contributed by atoms with E-state index in [0.717, 1.165) is 5.56 Å². The molecule has 0 unspecified atom stereocenters. The lowest BCUT2D eigenvalue weighted by atomic mass is 10.0. The molecule has 2 rings (SSSR count). The van der Waals surface area contributed by atoms with Crippen LogP contribution in [0.5, 0.6) is 5.75 Å². The minimum absolute atomic E-state index is 0.0866. The molecule has 0 saturated heterocycles. The van der Waals surface area contributed by atoms with E-state index in [1.807, 2.05) is 20.8 Å². The van der Waals surface area contributed by atoms with Gasteiger partial charge in [-0.25, -0.2) is 13.8 Å². The third kappa shape index (κ3) is 6.95. The maximum absolute atomic E-state index is 12.6. The van der Waals surface area contributed by atoms with Crippen molar-refractivity contribution >= 4 is 38.1 Å². The molecule has 0 saturated carbocycles. The Kier molecular flexibility index (Phi) is 7.95. The molecule has 156 valence electrons. The predicted molar refractivity (Wildman–Crippen MR) is 116 cm³/mol. The van der Waals surface area contributed by atoms with Gasteiger partial charge in [-0.2, -0.15) is 9.82 Å². The highest BCUT2D eigenvalue weighted by Crippen LogP contribution is 2.23. The van der Waals surface area contributed by atoms with Crippen LogP contribution in [0, 0.1) is 12.8 Å². The summed E-state index contributed by atoms with van der Waals surface area (Å²) in [7, 11) is -3.85. The minimum atomic E-state index is -3.85. The van der Waals surface area contributed by atoms with Crippen molar-refractivity contribution in [2.45, 2.75) is 38.1 Å². The van der Waals surface area contributed by atoms with Crippen LogP contribution in [0.3, 0.4) is 0 Å². The summed E-state index contributed by atoms with van der Waals surface area (Å²) >= 11 is 3.20. The van der Waals surface area contributed by atoms with Gasteiger partial charge in [0, 0.05) is 0 Å². The number of nitrogens with one attached hydrogen (secondary N) is 2. The summed E-state index contributed by atoms with van der Waals surface area (Å²) in [6.07, 6.45) is 1.72. The van der Waals surface area contributed by atoms with E-state index < -0.39 is 22.0 Å². The van der Waals surface area contributed by atoms with E-state index in [2.05, 4.69) is 31.2 Å². The van der Waals surface area contributed by atoms with Gasteiger partial charge in [0.1, 0.15) is 11.8 Å². The average molecular weight is 482 g/mol. The molecule has 0 aliphatic carbocycles. The predicted octanol–water partition coefficient (Wildman–Crippen LogP) is 3.31. The first-order valence-electron chi connectivity index (χ1n) is 8.99. The zero-order valence-electron chi connectivity index (χ0n) is 16.4. The maximum Gasteiger partial charge on any atom is 0.258 e. The maximum atomic E-state index is 12.6. The molecule has 0 fully saturated rings. The molecule has 0 aliphatic heterocycles. The number of amides is 1. The van der Waals surface area contributed by atoms with Crippen LogP contribution in [0.25, 0.3) is 0 Å². The summed E-state index contributed by atoms with van der Waals surface area (Å²) in [5.74, 6) is -0.374. The van der Waals surface area contributed by atoms with Crippen molar-refractivity contribution < 1.29 is 18.3 Å². The highest BCUT2D eigenvalue weighted by molar-refractivity contribution is 9.10. The molecule has 9 heteroatoms. The van der Waals surface area contributed by atoms with Crippen molar-refractivity contribution in [1.29, 1.82) is 0 Å². The highest BCUT2D eigenvalue weighted by Gasteiger charge is 2.26. The highest BCUT2D eigenvalue weighted by atomic mass is 79.9. The Morgan fingerprint density at radius 1 is 1.21 bits per heavy atom. The molecular weight excluding hydrogens is 458 g/mol. The number of rotatable bonds is 8. The molecule has 1 amide bonds. The number of carbonyl (C=O) groups excluding carboxylic acids is 1. The largest absolute Gasteiger partial charge is 0.507 e. The molecule has 29 heavy (non-hydrogen) atoms. The minimum Gasteiger partial charge on any atom is -0.507 e. The van der Waals surface area contributed by atoms with Crippen LogP contribution in [0.1, 0.15) is 31.4 Å². The van der Waals surface area contributed by atoms with Crippen LogP contribution < -0.4 is 10.1 Å². The molecule has 2 aromatic carbocycles. The summed E-state index contributed by atoms with van der Waals surface area (Å²) in [6, 6.07) is 10.2. The number of hydrogen-bond acceptors (Lipinski definition) is 5. The number of phenolic OH excluding ortho intramolecular Hbond substituents is 1.